The normalized spacial score (nSPS) is 24.8. The molecule has 1 fully saturated rings. The Balaban J connectivity index is 2.52. The molecule has 0 spiro atoms. The molecule has 0 aliphatic carbocycles. The Hall–Kier alpha value is -1.14. The summed E-state index contributed by atoms with van der Waals surface area (Å²) in [6.07, 6.45) is 2.72. The van der Waals surface area contributed by atoms with Gasteiger partial charge in [0, 0.05) is 12.1 Å². The van der Waals surface area contributed by atoms with Crippen LogP contribution in [0.1, 0.15) is 38.7 Å². The molecule has 2 rings (SSSR count). The molecule has 1 aliphatic rings. The molecule has 1 aliphatic heterocycles. The van der Waals surface area contributed by atoms with Gasteiger partial charge in [0.15, 0.2) is 0 Å². The van der Waals surface area contributed by atoms with Crippen LogP contribution in [0.5, 0.6) is 0 Å². The van der Waals surface area contributed by atoms with Crippen LogP contribution in [0.2, 0.25) is 0 Å². The summed E-state index contributed by atoms with van der Waals surface area (Å²) in [7, 11) is -3.64. The number of nitrogen functional groups attached to an aromatic ring is 1. The van der Waals surface area contributed by atoms with Gasteiger partial charge in [-0.2, -0.15) is 4.31 Å². The van der Waals surface area contributed by atoms with Crippen molar-refractivity contribution in [3.63, 3.8) is 0 Å². The van der Waals surface area contributed by atoms with Gasteiger partial charge in [0.25, 0.3) is 0 Å². The number of piperidine rings is 1. The molecule has 0 aromatic heterocycles. The lowest BCUT2D eigenvalue weighted by atomic mass is 10.0. The number of benzene rings is 1. The molecule has 6 heteroatoms. The molecule has 1 aromatic rings. The van der Waals surface area contributed by atoms with Crippen molar-refractivity contribution < 1.29 is 12.8 Å². The van der Waals surface area contributed by atoms with Crippen molar-refractivity contribution in [3.8, 4) is 0 Å². The zero-order valence-electron chi connectivity index (χ0n) is 12.1. The average molecular weight is 300 g/mol. The molecule has 0 amide bonds. The summed E-state index contributed by atoms with van der Waals surface area (Å²) in [6.45, 7) is 5.42. The third-order valence-electron chi connectivity index (χ3n) is 3.96. The monoisotopic (exact) mass is 300 g/mol. The van der Waals surface area contributed by atoms with Gasteiger partial charge in [-0.3, -0.25) is 0 Å². The fourth-order valence-electron chi connectivity index (χ4n) is 2.93. The first-order chi connectivity index (χ1) is 9.25. The largest absolute Gasteiger partial charge is 0.396 e. The Morgan fingerprint density at radius 2 is 1.80 bits per heavy atom. The summed E-state index contributed by atoms with van der Waals surface area (Å²) in [6, 6.07) is 2.32. The Morgan fingerprint density at radius 3 is 2.35 bits per heavy atom. The van der Waals surface area contributed by atoms with Crippen molar-refractivity contribution in [3.05, 3.63) is 23.5 Å². The fourth-order valence-corrected chi connectivity index (χ4v) is 5.06. The standard InChI is InChI=1S/C14H21FN2O2S/c1-9-7-12(15)13(16)8-14(9)20(18,19)17-10(2)5-4-6-11(17)3/h7-8,10-11H,4-6,16H2,1-3H3. The van der Waals surface area contributed by atoms with Crippen molar-refractivity contribution >= 4 is 15.7 Å². The molecule has 4 nitrogen and oxygen atoms in total. The third-order valence-corrected chi connectivity index (χ3v) is 6.23. The molecule has 20 heavy (non-hydrogen) atoms. The molecule has 2 N–H and O–H groups in total. The topological polar surface area (TPSA) is 63.4 Å². The van der Waals surface area contributed by atoms with Crippen molar-refractivity contribution in [2.45, 2.75) is 57.0 Å². The number of anilines is 1. The van der Waals surface area contributed by atoms with E-state index in [1.807, 2.05) is 13.8 Å². The second-order valence-corrected chi connectivity index (χ2v) is 7.41. The zero-order chi connectivity index (χ0) is 15.1. The van der Waals surface area contributed by atoms with E-state index in [2.05, 4.69) is 0 Å². The van der Waals surface area contributed by atoms with E-state index in [1.165, 1.54) is 16.4 Å². The lowest BCUT2D eigenvalue weighted by Crippen LogP contribution is -2.47. The zero-order valence-corrected chi connectivity index (χ0v) is 12.9. The molecule has 0 radical (unpaired) electrons. The van der Waals surface area contributed by atoms with E-state index >= 15 is 0 Å². The summed E-state index contributed by atoms with van der Waals surface area (Å²) in [5.41, 5.74) is 5.78. The van der Waals surface area contributed by atoms with Gasteiger partial charge in [0.05, 0.1) is 10.6 Å². The number of halogens is 1. The van der Waals surface area contributed by atoms with Crippen molar-refractivity contribution in [1.82, 2.24) is 4.31 Å². The van der Waals surface area contributed by atoms with Gasteiger partial charge in [-0.15, -0.1) is 0 Å². The SMILES string of the molecule is Cc1cc(F)c(N)cc1S(=O)(=O)N1C(C)CCCC1C. The van der Waals surface area contributed by atoms with Crippen molar-refractivity contribution in [2.75, 3.05) is 5.73 Å². The van der Waals surface area contributed by atoms with E-state index < -0.39 is 15.8 Å². The Labute approximate surface area is 119 Å². The highest BCUT2D eigenvalue weighted by atomic mass is 32.2. The van der Waals surface area contributed by atoms with Gasteiger partial charge in [0.2, 0.25) is 10.0 Å². The van der Waals surface area contributed by atoms with Crippen LogP contribution < -0.4 is 5.73 Å². The van der Waals surface area contributed by atoms with Gasteiger partial charge in [-0.05, 0) is 51.3 Å². The van der Waals surface area contributed by atoms with Gasteiger partial charge in [-0.1, -0.05) is 6.42 Å². The number of hydrogen-bond acceptors (Lipinski definition) is 3. The van der Waals surface area contributed by atoms with E-state index in [0.717, 1.165) is 19.3 Å². The molecule has 112 valence electrons. The second kappa shape index (κ2) is 5.33. The average Bonchev–Trinajstić information content (AvgIpc) is 2.33. The molecular weight excluding hydrogens is 279 g/mol. The molecule has 1 saturated heterocycles. The minimum Gasteiger partial charge on any atom is -0.396 e. The van der Waals surface area contributed by atoms with Crippen LogP contribution in [0, 0.1) is 12.7 Å². The van der Waals surface area contributed by atoms with Gasteiger partial charge in [0.1, 0.15) is 5.82 Å². The maximum Gasteiger partial charge on any atom is 0.243 e. The number of nitrogens with zero attached hydrogens (tertiary/aromatic N) is 1. The van der Waals surface area contributed by atoms with Gasteiger partial charge >= 0.3 is 0 Å². The first-order valence-electron chi connectivity index (χ1n) is 6.84. The second-order valence-electron chi connectivity index (χ2n) is 5.60. The maximum absolute atomic E-state index is 13.4. The lowest BCUT2D eigenvalue weighted by Gasteiger charge is -2.38. The molecule has 0 saturated carbocycles. The molecule has 1 heterocycles. The number of nitrogens with two attached hydrogens (primary N) is 1. The van der Waals surface area contributed by atoms with E-state index in [-0.39, 0.29) is 22.7 Å². The van der Waals surface area contributed by atoms with Crippen molar-refractivity contribution in [2.24, 2.45) is 0 Å². The number of aryl methyl sites for hydroxylation is 1. The van der Waals surface area contributed by atoms with Crippen molar-refractivity contribution in [1.29, 1.82) is 0 Å². The van der Waals surface area contributed by atoms with E-state index in [9.17, 15) is 12.8 Å². The Morgan fingerprint density at radius 1 is 1.25 bits per heavy atom. The van der Waals surface area contributed by atoms with Crippen LogP contribution in [0.3, 0.4) is 0 Å². The predicted molar refractivity (Wildman–Crippen MR) is 77.3 cm³/mol. The highest BCUT2D eigenvalue weighted by Crippen LogP contribution is 2.32. The molecule has 2 atom stereocenters. The van der Waals surface area contributed by atoms with Crippen LogP contribution in [-0.2, 0) is 10.0 Å². The van der Waals surface area contributed by atoms with Crippen LogP contribution in [0.15, 0.2) is 17.0 Å². The van der Waals surface area contributed by atoms with E-state index in [0.29, 0.717) is 5.56 Å². The number of sulfonamides is 1. The summed E-state index contributed by atoms with van der Waals surface area (Å²) in [5, 5.41) is 0. The highest BCUT2D eigenvalue weighted by molar-refractivity contribution is 7.89. The highest BCUT2D eigenvalue weighted by Gasteiger charge is 2.36. The minimum atomic E-state index is -3.64. The Kier molecular flexibility index (Phi) is 4.07. The summed E-state index contributed by atoms with van der Waals surface area (Å²) < 4.78 is 40.6. The summed E-state index contributed by atoms with van der Waals surface area (Å²) in [4.78, 5) is 0.108. The number of rotatable bonds is 2. The smallest absolute Gasteiger partial charge is 0.243 e. The first-order valence-corrected chi connectivity index (χ1v) is 8.28. The van der Waals surface area contributed by atoms with Gasteiger partial charge in [-0.25, -0.2) is 12.8 Å². The minimum absolute atomic E-state index is 0.0468. The van der Waals surface area contributed by atoms with Crippen LogP contribution in [0.25, 0.3) is 0 Å². The summed E-state index contributed by atoms with van der Waals surface area (Å²) in [5.74, 6) is -0.582. The lowest BCUT2D eigenvalue weighted by molar-refractivity contribution is 0.204. The molecule has 0 bridgehead atoms. The number of hydrogen-bond donors (Lipinski definition) is 1. The first kappa shape index (κ1) is 15.3. The third kappa shape index (κ3) is 2.54. The maximum atomic E-state index is 13.4. The molecule has 2 unspecified atom stereocenters. The molecule has 1 aromatic carbocycles. The summed E-state index contributed by atoms with van der Waals surface area (Å²) >= 11 is 0. The quantitative estimate of drug-likeness (QED) is 0.854. The Bertz CT molecular complexity index is 606. The predicted octanol–water partition coefficient (Wildman–Crippen LogP) is 2.67. The molecular formula is C14H21FN2O2S. The van der Waals surface area contributed by atoms with Crippen LogP contribution >= 0.6 is 0 Å². The van der Waals surface area contributed by atoms with Gasteiger partial charge < -0.3 is 5.73 Å². The van der Waals surface area contributed by atoms with E-state index in [4.69, 9.17) is 5.73 Å². The fraction of sp³-hybridized carbons (Fsp3) is 0.571. The van der Waals surface area contributed by atoms with Crippen LogP contribution in [-0.4, -0.2) is 24.8 Å². The van der Waals surface area contributed by atoms with Crippen LogP contribution in [0.4, 0.5) is 10.1 Å². The van der Waals surface area contributed by atoms with E-state index in [1.54, 1.807) is 6.92 Å².